The lowest BCUT2D eigenvalue weighted by Crippen LogP contribution is -2.38. The third-order valence-corrected chi connectivity index (χ3v) is 7.80. The maximum absolute atomic E-state index is 13.0. The van der Waals surface area contributed by atoms with E-state index in [1.54, 1.807) is 6.07 Å². The average molecular weight is 443 g/mol. The van der Waals surface area contributed by atoms with Gasteiger partial charge in [-0.05, 0) is 74.4 Å². The summed E-state index contributed by atoms with van der Waals surface area (Å²) in [6.07, 6.45) is 2.97. The van der Waals surface area contributed by atoms with Crippen molar-refractivity contribution in [1.82, 2.24) is 4.90 Å². The predicted octanol–water partition coefficient (Wildman–Crippen LogP) is 6.73. The van der Waals surface area contributed by atoms with E-state index in [-0.39, 0.29) is 18.9 Å². The number of nitrogens with zero attached hydrogens (tertiary/aromatic N) is 2. The van der Waals surface area contributed by atoms with Crippen molar-refractivity contribution in [1.29, 1.82) is 5.26 Å². The van der Waals surface area contributed by atoms with Crippen LogP contribution in [0.5, 0.6) is 5.75 Å². The molecule has 3 fully saturated rings. The average Bonchev–Trinajstić information content (AvgIpc) is 2.99. The van der Waals surface area contributed by atoms with E-state index in [0.717, 1.165) is 17.3 Å². The van der Waals surface area contributed by atoms with Crippen LogP contribution < -0.4 is 4.74 Å². The topological polar surface area (TPSA) is 36.3 Å². The lowest BCUT2D eigenvalue weighted by atomic mass is 9.87. The third-order valence-electron chi connectivity index (χ3n) is 7.80. The van der Waals surface area contributed by atoms with Gasteiger partial charge in [-0.15, -0.1) is 0 Å². The molecule has 6 heteroatoms. The van der Waals surface area contributed by atoms with Crippen molar-refractivity contribution < 1.29 is 17.9 Å². The summed E-state index contributed by atoms with van der Waals surface area (Å²) >= 11 is 0. The van der Waals surface area contributed by atoms with Crippen LogP contribution in [0, 0.1) is 17.2 Å². The number of rotatable bonds is 4. The fourth-order valence-electron chi connectivity index (χ4n) is 6.04. The fraction of sp³-hybridized carbons (Fsp3) is 0.577. The Kier molecular flexibility index (Phi) is 5.79. The van der Waals surface area contributed by atoms with Gasteiger partial charge >= 0.3 is 6.18 Å². The number of piperidine rings is 1. The SMILES string of the molecule is N#Cc1c(OC2CCC(C(F)(F)F)CC2)ccc2ccc(CN3C4CCCC3CC4)cc12. The van der Waals surface area contributed by atoms with Crippen molar-refractivity contribution in [2.24, 2.45) is 5.92 Å². The van der Waals surface area contributed by atoms with Crippen molar-refractivity contribution in [3.8, 4) is 11.8 Å². The number of halogens is 3. The first-order valence-electron chi connectivity index (χ1n) is 11.9. The molecule has 0 amide bonds. The van der Waals surface area contributed by atoms with Crippen LogP contribution in [0.2, 0.25) is 0 Å². The fourth-order valence-corrected chi connectivity index (χ4v) is 6.04. The summed E-state index contributed by atoms with van der Waals surface area (Å²) in [5, 5.41) is 11.8. The maximum atomic E-state index is 13.0. The first-order valence-corrected chi connectivity index (χ1v) is 11.9. The maximum Gasteiger partial charge on any atom is 0.391 e. The van der Waals surface area contributed by atoms with Gasteiger partial charge in [-0.25, -0.2) is 0 Å². The van der Waals surface area contributed by atoms with Gasteiger partial charge in [-0.1, -0.05) is 24.6 Å². The lowest BCUT2D eigenvalue weighted by molar-refractivity contribution is -0.185. The molecule has 2 atom stereocenters. The first-order chi connectivity index (χ1) is 15.4. The molecule has 3 aliphatic rings. The van der Waals surface area contributed by atoms with Gasteiger partial charge in [0.15, 0.2) is 0 Å². The number of nitriles is 1. The summed E-state index contributed by atoms with van der Waals surface area (Å²) in [6.45, 7) is 0.905. The molecule has 2 saturated heterocycles. The van der Waals surface area contributed by atoms with Crippen molar-refractivity contribution in [2.45, 2.75) is 88.7 Å². The second-order valence-electron chi connectivity index (χ2n) is 9.73. The van der Waals surface area contributed by atoms with Crippen LogP contribution in [-0.4, -0.2) is 29.3 Å². The van der Waals surface area contributed by atoms with E-state index in [0.29, 0.717) is 36.2 Å². The van der Waals surface area contributed by atoms with E-state index >= 15 is 0 Å². The molecule has 0 aromatic heterocycles. The Labute approximate surface area is 187 Å². The standard InChI is InChI=1S/C26H29F3N2O/c27-26(28,29)19-7-11-22(12-8-19)32-25-13-6-18-5-4-17(14-23(18)24(25)15-30)16-31-20-2-1-3-21(31)10-9-20/h4-6,13-14,19-22H,1-3,7-12,16H2. The molecule has 2 bridgehead atoms. The molecule has 2 heterocycles. The smallest absolute Gasteiger partial charge is 0.391 e. The number of benzene rings is 2. The Balaban J connectivity index is 1.35. The van der Waals surface area contributed by atoms with Gasteiger partial charge < -0.3 is 4.74 Å². The molecule has 5 rings (SSSR count). The highest BCUT2D eigenvalue weighted by Crippen LogP contribution is 2.40. The van der Waals surface area contributed by atoms with Gasteiger partial charge in [0.05, 0.1) is 12.0 Å². The highest BCUT2D eigenvalue weighted by atomic mass is 19.4. The normalized spacial score (nSPS) is 28.6. The van der Waals surface area contributed by atoms with Gasteiger partial charge in [0.2, 0.25) is 0 Å². The molecule has 2 aromatic rings. The quantitative estimate of drug-likeness (QED) is 0.527. The second-order valence-corrected chi connectivity index (χ2v) is 9.73. The van der Waals surface area contributed by atoms with Gasteiger partial charge in [-0.3, -0.25) is 4.90 Å². The van der Waals surface area contributed by atoms with Gasteiger partial charge in [-0.2, -0.15) is 18.4 Å². The molecule has 1 saturated carbocycles. The number of hydrogen-bond donors (Lipinski definition) is 0. The molecule has 2 unspecified atom stereocenters. The molecular weight excluding hydrogens is 413 g/mol. The molecule has 0 spiro atoms. The van der Waals surface area contributed by atoms with Crippen molar-refractivity contribution in [3.63, 3.8) is 0 Å². The first kappa shape index (κ1) is 21.6. The van der Waals surface area contributed by atoms with Crippen LogP contribution >= 0.6 is 0 Å². The van der Waals surface area contributed by atoms with Crippen LogP contribution in [0.3, 0.4) is 0 Å². The Hall–Kier alpha value is -2.26. The van der Waals surface area contributed by atoms with Gasteiger partial charge in [0.1, 0.15) is 17.4 Å². The zero-order valence-corrected chi connectivity index (χ0v) is 18.2. The summed E-state index contributed by atoms with van der Waals surface area (Å²) in [5.41, 5.74) is 1.69. The molecule has 2 aliphatic heterocycles. The molecule has 0 N–H and O–H groups in total. The van der Waals surface area contributed by atoms with E-state index in [1.807, 2.05) is 6.07 Å². The van der Waals surface area contributed by atoms with E-state index in [1.165, 1.54) is 37.7 Å². The number of hydrogen-bond acceptors (Lipinski definition) is 3. The predicted molar refractivity (Wildman–Crippen MR) is 117 cm³/mol. The number of fused-ring (bicyclic) bond motifs is 3. The minimum absolute atomic E-state index is 0.0892. The van der Waals surface area contributed by atoms with Crippen molar-refractivity contribution in [3.05, 3.63) is 41.5 Å². The molecule has 2 aromatic carbocycles. The van der Waals surface area contributed by atoms with Gasteiger partial charge in [0.25, 0.3) is 0 Å². The zero-order valence-electron chi connectivity index (χ0n) is 18.2. The van der Waals surface area contributed by atoms with E-state index < -0.39 is 12.1 Å². The van der Waals surface area contributed by atoms with Crippen molar-refractivity contribution in [2.75, 3.05) is 0 Å². The highest BCUT2D eigenvalue weighted by Gasteiger charge is 2.42. The monoisotopic (exact) mass is 442 g/mol. The van der Waals surface area contributed by atoms with Crippen molar-refractivity contribution >= 4 is 10.8 Å². The third kappa shape index (κ3) is 4.20. The van der Waals surface area contributed by atoms with Crippen LogP contribution in [0.1, 0.15) is 68.9 Å². The highest BCUT2D eigenvalue weighted by molar-refractivity contribution is 5.90. The molecular formula is C26H29F3N2O. The summed E-state index contributed by atoms with van der Waals surface area (Å²) in [6, 6.07) is 13.7. The van der Waals surface area contributed by atoms with E-state index in [4.69, 9.17) is 4.74 Å². The van der Waals surface area contributed by atoms with Crippen LogP contribution in [0.4, 0.5) is 13.2 Å². The summed E-state index contributed by atoms with van der Waals surface area (Å²) in [4.78, 5) is 2.64. The molecule has 3 nitrogen and oxygen atoms in total. The summed E-state index contributed by atoms with van der Waals surface area (Å²) in [5.74, 6) is -0.743. The molecule has 170 valence electrons. The Bertz CT molecular complexity index is 1000. The molecule has 32 heavy (non-hydrogen) atoms. The minimum atomic E-state index is -4.13. The van der Waals surface area contributed by atoms with Crippen LogP contribution in [0.25, 0.3) is 10.8 Å². The molecule has 1 aliphatic carbocycles. The largest absolute Gasteiger partial charge is 0.489 e. The van der Waals surface area contributed by atoms with E-state index in [2.05, 4.69) is 29.2 Å². The van der Waals surface area contributed by atoms with Gasteiger partial charge in [0, 0.05) is 24.0 Å². The number of ether oxygens (including phenoxy) is 1. The lowest BCUT2D eigenvalue weighted by Gasteiger charge is -2.34. The summed E-state index contributed by atoms with van der Waals surface area (Å²) < 4.78 is 45.0. The van der Waals surface area contributed by atoms with Crippen LogP contribution in [0.15, 0.2) is 30.3 Å². The second kappa shape index (κ2) is 8.59. The summed E-state index contributed by atoms with van der Waals surface area (Å²) in [7, 11) is 0. The Morgan fingerprint density at radius 2 is 1.62 bits per heavy atom. The number of alkyl halides is 3. The Morgan fingerprint density at radius 1 is 0.938 bits per heavy atom. The minimum Gasteiger partial charge on any atom is -0.489 e. The Morgan fingerprint density at radius 3 is 2.28 bits per heavy atom. The van der Waals surface area contributed by atoms with E-state index in [9.17, 15) is 18.4 Å². The zero-order chi connectivity index (χ0) is 22.3. The molecule has 0 radical (unpaired) electrons. The van der Waals surface area contributed by atoms with Crippen LogP contribution in [-0.2, 0) is 6.54 Å².